The molecule has 0 heterocycles. The molecule has 1 amide bonds. The highest BCUT2D eigenvalue weighted by molar-refractivity contribution is 5.77. The number of carbonyl (C=O) groups is 2. The number of hydrogen-bond donors (Lipinski definition) is 1. The van der Waals surface area contributed by atoms with Gasteiger partial charge in [-0.1, -0.05) is 12.1 Å². The Labute approximate surface area is 130 Å². The van der Waals surface area contributed by atoms with Crippen LogP contribution in [0.3, 0.4) is 0 Å². The molecule has 0 saturated heterocycles. The number of benzene rings is 1. The molecule has 0 bridgehead atoms. The van der Waals surface area contributed by atoms with E-state index in [1.807, 2.05) is 29.2 Å². The van der Waals surface area contributed by atoms with Crippen molar-refractivity contribution in [1.29, 1.82) is 0 Å². The maximum atomic E-state index is 12.4. The molecule has 1 aromatic carbocycles. The summed E-state index contributed by atoms with van der Waals surface area (Å²) >= 11 is 0. The average molecular weight is 305 g/mol. The molecular weight excluding hydrogens is 282 g/mol. The van der Waals surface area contributed by atoms with Crippen molar-refractivity contribution in [1.82, 2.24) is 4.90 Å². The van der Waals surface area contributed by atoms with Gasteiger partial charge < -0.3 is 14.7 Å². The number of hydrogen-bond acceptors (Lipinski definition) is 3. The van der Waals surface area contributed by atoms with Crippen molar-refractivity contribution < 1.29 is 19.4 Å². The Balaban J connectivity index is 1.86. The first-order valence-electron chi connectivity index (χ1n) is 7.74. The summed E-state index contributed by atoms with van der Waals surface area (Å²) in [6, 6.07) is 8.11. The van der Waals surface area contributed by atoms with E-state index in [1.54, 1.807) is 7.11 Å². The second-order valence-electron chi connectivity index (χ2n) is 5.70. The number of nitrogens with zero attached hydrogens (tertiary/aromatic N) is 1. The van der Waals surface area contributed by atoms with Crippen LogP contribution in [0, 0.1) is 0 Å². The van der Waals surface area contributed by atoms with Gasteiger partial charge >= 0.3 is 5.97 Å². The summed E-state index contributed by atoms with van der Waals surface area (Å²) in [5.41, 5.74) is 1.09. The smallest absolute Gasteiger partial charge is 0.303 e. The normalized spacial score (nSPS) is 13.7. The molecule has 0 radical (unpaired) electrons. The van der Waals surface area contributed by atoms with Gasteiger partial charge in [0.2, 0.25) is 5.91 Å². The summed E-state index contributed by atoms with van der Waals surface area (Å²) < 4.78 is 5.14. The lowest BCUT2D eigenvalue weighted by molar-refractivity contribution is -0.137. The third-order valence-corrected chi connectivity index (χ3v) is 3.85. The molecule has 0 spiro atoms. The Morgan fingerprint density at radius 2 is 1.82 bits per heavy atom. The molecule has 2 rings (SSSR count). The van der Waals surface area contributed by atoms with Gasteiger partial charge in [-0.25, -0.2) is 0 Å². The molecule has 1 aliphatic carbocycles. The Bertz CT molecular complexity index is 508. The van der Waals surface area contributed by atoms with E-state index >= 15 is 0 Å². The van der Waals surface area contributed by atoms with Gasteiger partial charge in [0.05, 0.1) is 7.11 Å². The fraction of sp³-hybridized carbons (Fsp3) is 0.529. The minimum absolute atomic E-state index is 0.128. The van der Waals surface area contributed by atoms with Crippen LogP contribution >= 0.6 is 0 Å². The van der Waals surface area contributed by atoms with Crippen molar-refractivity contribution in [3.8, 4) is 5.75 Å². The summed E-state index contributed by atoms with van der Waals surface area (Å²) in [6.07, 6.45) is 3.89. The highest BCUT2D eigenvalue weighted by atomic mass is 16.5. The van der Waals surface area contributed by atoms with E-state index in [9.17, 15) is 9.59 Å². The molecule has 5 heteroatoms. The molecule has 1 fully saturated rings. The molecule has 0 aromatic heterocycles. The van der Waals surface area contributed by atoms with Gasteiger partial charge in [0.25, 0.3) is 0 Å². The summed E-state index contributed by atoms with van der Waals surface area (Å²) in [4.78, 5) is 24.8. The number of aliphatic carboxylic acids is 1. The van der Waals surface area contributed by atoms with Crippen LogP contribution in [0.25, 0.3) is 0 Å². The van der Waals surface area contributed by atoms with E-state index < -0.39 is 5.97 Å². The Morgan fingerprint density at radius 1 is 1.18 bits per heavy atom. The first kappa shape index (κ1) is 16.3. The van der Waals surface area contributed by atoms with Gasteiger partial charge in [-0.05, 0) is 43.4 Å². The van der Waals surface area contributed by atoms with Gasteiger partial charge in [0, 0.05) is 25.4 Å². The number of methoxy groups -OCH3 is 1. The van der Waals surface area contributed by atoms with Crippen LogP contribution in [0.2, 0.25) is 0 Å². The zero-order valence-electron chi connectivity index (χ0n) is 13.0. The molecule has 120 valence electrons. The predicted octanol–water partition coefficient (Wildman–Crippen LogP) is 2.83. The summed E-state index contributed by atoms with van der Waals surface area (Å²) in [5, 5.41) is 8.62. The highest BCUT2D eigenvalue weighted by Gasteiger charge is 2.32. The first-order chi connectivity index (χ1) is 10.6. The Kier molecular flexibility index (Phi) is 5.81. The van der Waals surface area contributed by atoms with Crippen LogP contribution in [0.5, 0.6) is 5.75 Å². The van der Waals surface area contributed by atoms with Crippen LogP contribution in [-0.4, -0.2) is 35.0 Å². The van der Waals surface area contributed by atoms with E-state index in [4.69, 9.17) is 9.84 Å². The molecule has 1 aromatic rings. The fourth-order valence-electron chi connectivity index (χ4n) is 2.43. The molecule has 1 saturated carbocycles. The minimum atomic E-state index is -0.801. The summed E-state index contributed by atoms with van der Waals surface area (Å²) in [7, 11) is 1.63. The minimum Gasteiger partial charge on any atom is -0.497 e. The van der Waals surface area contributed by atoms with E-state index in [1.165, 1.54) is 0 Å². The quantitative estimate of drug-likeness (QED) is 0.712. The van der Waals surface area contributed by atoms with Crippen molar-refractivity contribution >= 4 is 11.9 Å². The number of amides is 1. The van der Waals surface area contributed by atoms with E-state index in [-0.39, 0.29) is 12.3 Å². The zero-order chi connectivity index (χ0) is 15.9. The standard InChI is InChI=1S/C17H23NO4/c1-22-15-10-6-13(7-11-15)12-18(14-8-9-14)16(19)4-2-3-5-17(20)21/h6-7,10-11,14H,2-5,8-9,12H2,1H3,(H,20,21). The molecule has 1 aliphatic rings. The van der Waals surface area contributed by atoms with Crippen LogP contribution in [0.4, 0.5) is 0 Å². The second kappa shape index (κ2) is 7.82. The van der Waals surface area contributed by atoms with E-state index in [0.717, 1.165) is 24.2 Å². The largest absolute Gasteiger partial charge is 0.497 e. The third kappa shape index (κ3) is 5.06. The van der Waals surface area contributed by atoms with Crippen LogP contribution < -0.4 is 4.74 Å². The number of rotatable bonds is 9. The van der Waals surface area contributed by atoms with Crippen molar-refractivity contribution in [3.05, 3.63) is 29.8 Å². The number of carbonyl (C=O) groups excluding carboxylic acids is 1. The van der Waals surface area contributed by atoms with Crippen molar-refractivity contribution in [2.24, 2.45) is 0 Å². The number of carboxylic acid groups (broad SMARTS) is 1. The van der Waals surface area contributed by atoms with Crippen LogP contribution in [0.15, 0.2) is 24.3 Å². The highest BCUT2D eigenvalue weighted by Crippen LogP contribution is 2.29. The molecule has 0 aliphatic heterocycles. The van der Waals surface area contributed by atoms with Gasteiger partial charge in [-0.3, -0.25) is 9.59 Å². The van der Waals surface area contributed by atoms with E-state index in [2.05, 4.69) is 0 Å². The number of ether oxygens (including phenoxy) is 1. The maximum Gasteiger partial charge on any atom is 0.303 e. The lowest BCUT2D eigenvalue weighted by Gasteiger charge is -2.22. The Hall–Kier alpha value is -2.04. The predicted molar refractivity (Wildman–Crippen MR) is 82.7 cm³/mol. The van der Waals surface area contributed by atoms with Gasteiger partial charge in [-0.15, -0.1) is 0 Å². The monoisotopic (exact) mass is 305 g/mol. The van der Waals surface area contributed by atoms with Crippen molar-refractivity contribution in [2.45, 2.75) is 51.1 Å². The number of carboxylic acids is 1. The van der Waals surface area contributed by atoms with Crippen LogP contribution in [-0.2, 0) is 16.1 Å². The van der Waals surface area contributed by atoms with E-state index in [0.29, 0.717) is 31.8 Å². The van der Waals surface area contributed by atoms with Crippen LogP contribution in [0.1, 0.15) is 44.1 Å². The third-order valence-electron chi connectivity index (χ3n) is 3.85. The topological polar surface area (TPSA) is 66.8 Å². The lowest BCUT2D eigenvalue weighted by atomic mass is 10.1. The molecule has 1 N–H and O–H groups in total. The van der Waals surface area contributed by atoms with Gasteiger partial charge in [0.15, 0.2) is 0 Å². The van der Waals surface area contributed by atoms with Gasteiger partial charge in [0.1, 0.15) is 5.75 Å². The van der Waals surface area contributed by atoms with Crippen molar-refractivity contribution in [3.63, 3.8) is 0 Å². The maximum absolute atomic E-state index is 12.4. The summed E-state index contributed by atoms with van der Waals surface area (Å²) in [6.45, 7) is 0.617. The lowest BCUT2D eigenvalue weighted by Crippen LogP contribution is -2.32. The molecule has 0 atom stereocenters. The second-order valence-corrected chi connectivity index (χ2v) is 5.70. The average Bonchev–Trinajstić information content (AvgIpc) is 3.34. The molecule has 22 heavy (non-hydrogen) atoms. The molecule has 0 unspecified atom stereocenters. The fourth-order valence-corrected chi connectivity index (χ4v) is 2.43. The number of unbranched alkanes of at least 4 members (excludes halogenated alkanes) is 1. The Morgan fingerprint density at radius 3 is 2.36 bits per heavy atom. The molecular formula is C17H23NO4. The first-order valence-corrected chi connectivity index (χ1v) is 7.74. The SMILES string of the molecule is COc1ccc(CN(C(=O)CCCCC(=O)O)C2CC2)cc1. The molecule has 5 nitrogen and oxygen atoms in total. The van der Waals surface area contributed by atoms with Crippen molar-refractivity contribution in [2.75, 3.05) is 7.11 Å². The summed E-state index contributed by atoms with van der Waals surface area (Å²) in [5.74, 6) is 0.134. The zero-order valence-corrected chi connectivity index (χ0v) is 13.0. The van der Waals surface area contributed by atoms with Gasteiger partial charge in [-0.2, -0.15) is 0 Å².